The quantitative estimate of drug-likeness (QED) is 0.665. The Morgan fingerprint density at radius 3 is 2.81 bits per heavy atom. The van der Waals surface area contributed by atoms with Crippen LogP contribution in [0.25, 0.3) is 10.9 Å². The second-order valence-corrected chi connectivity index (χ2v) is 4.67. The first-order valence-corrected chi connectivity index (χ1v) is 6.71. The van der Waals surface area contributed by atoms with Crippen molar-refractivity contribution in [1.29, 1.82) is 0 Å². The van der Waals surface area contributed by atoms with Gasteiger partial charge >= 0.3 is 0 Å². The number of furan rings is 1. The lowest BCUT2D eigenvalue weighted by atomic mass is 10.1. The van der Waals surface area contributed by atoms with Crippen LogP contribution >= 0.6 is 0 Å². The Kier molecular flexibility index (Phi) is 3.70. The second kappa shape index (κ2) is 5.80. The van der Waals surface area contributed by atoms with Crippen LogP contribution in [0.15, 0.2) is 47.1 Å². The first-order valence-electron chi connectivity index (χ1n) is 6.71. The highest BCUT2D eigenvalue weighted by atomic mass is 16.3. The van der Waals surface area contributed by atoms with Crippen molar-refractivity contribution >= 4 is 22.7 Å². The number of aliphatic hydroxyl groups excluding tert-OH is 1. The van der Waals surface area contributed by atoms with Gasteiger partial charge in [0, 0.05) is 12.0 Å². The van der Waals surface area contributed by atoms with Crippen LogP contribution in [-0.4, -0.2) is 21.7 Å². The highest BCUT2D eigenvalue weighted by Gasteiger charge is 2.16. The molecule has 108 valence electrons. The van der Waals surface area contributed by atoms with Gasteiger partial charge in [-0.05, 0) is 30.7 Å². The van der Waals surface area contributed by atoms with Crippen molar-refractivity contribution in [1.82, 2.24) is 9.97 Å². The van der Waals surface area contributed by atoms with Crippen LogP contribution in [0.5, 0.6) is 0 Å². The molecule has 0 saturated heterocycles. The van der Waals surface area contributed by atoms with E-state index >= 15 is 0 Å². The third-order valence-corrected chi connectivity index (χ3v) is 3.24. The van der Waals surface area contributed by atoms with Gasteiger partial charge in [0.2, 0.25) is 5.95 Å². The highest BCUT2D eigenvalue weighted by Crippen LogP contribution is 2.24. The maximum Gasteiger partial charge on any atom is 0.225 e. The van der Waals surface area contributed by atoms with Gasteiger partial charge in [0.05, 0.1) is 17.8 Å². The second-order valence-electron chi connectivity index (χ2n) is 4.67. The molecule has 6 nitrogen and oxygen atoms in total. The third kappa shape index (κ3) is 2.80. The fraction of sp³-hybridized carbons (Fsp3) is 0.200. The average Bonchev–Trinajstić information content (AvgIpc) is 3.01. The number of nitrogens with two attached hydrogens (primary N) is 1. The molecule has 2 aromatic heterocycles. The maximum atomic E-state index is 9.19. The maximum absolute atomic E-state index is 9.19. The molecule has 2 heterocycles. The number of benzene rings is 1. The van der Waals surface area contributed by atoms with E-state index in [0.29, 0.717) is 18.2 Å². The van der Waals surface area contributed by atoms with Crippen LogP contribution in [-0.2, 0) is 0 Å². The minimum absolute atomic E-state index is 0.0292. The summed E-state index contributed by atoms with van der Waals surface area (Å²) in [5.41, 5.74) is 6.73. The lowest BCUT2D eigenvalue weighted by Crippen LogP contribution is -2.14. The Morgan fingerprint density at radius 2 is 2.05 bits per heavy atom. The fourth-order valence-corrected chi connectivity index (χ4v) is 2.23. The lowest BCUT2D eigenvalue weighted by Gasteiger charge is -2.16. The van der Waals surface area contributed by atoms with E-state index < -0.39 is 0 Å². The van der Waals surface area contributed by atoms with E-state index in [1.54, 1.807) is 12.3 Å². The molecule has 0 spiro atoms. The van der Waals surface area contributed by atoms with E-state index in [4.69, 9.17) is 10.2 Å². The number of aliphatic hydroxyl groups is 1. The van der Waals surface area contributed by atoms with Gasteiger partial charge in [0.1, 0.15) is 11.6 Å². The Balaban J connectivity index is 1.92. The number of anilines is 2. The van der Waals surface area contributed by atoms with Gasteiger partial charge in [-0.15, -0.1) is 0 Å². The molecule has 0 fully saturated rings. The summed E-state index contributed by atoms with van der Waals surface area (Å²) < 4.78 is 5.38. The standard InChI is InChI=1S/C15H16N4O2/c16-14-10-4-1-2-5-11(10)17-15(19-14)18-12(7-8-20)13-6-3-9-21-13/h1-6,9,12,20H,7-8H2,(H3,16,17,18,19). The third-order valence-electron chi connectivity index (χ3n) is 3.24. The van der Waals surface area contributed by atoms with Crippen molar-refractivity contribution in [3.63, 3.8) is 0 Å². The summed E-state index contributed by atoms with van der Waals surface area (Å²) >= 11 is 0. The Morgan fingerprint density at radius 1 is 1.19 bits per heavy atom. The van der Waals surface area contributed by atoms with E-state index in [-0.39, 0.29) is 12.6 Å². The first-order chi connectivity index (χ1) is 10.3. The summed E-state index contributed by atoms with van der Waals surface area (Å²) in [4.78, 5) is 8.71. The van der Waals surface area contributed by atoms with Crippen molar-refractivity contribution in [2.75, 3.05) is 17.7 Å². The summed E-state index contributed by atoms with van der Waals surface area (Å²) in [6.07, 6.45) is 2.08. The minimum Gasteiger partial charge on any atom is -0.467 e. The SMILES string of the molecule is Nc1nc(NC(CCO)c2ccco2)nc2ccccc12. The first kappa shape index (κ1) is 13.4. The van der Waals surface area contributed by atoms with Crippen molar-refractivity contribution in [3.05, 3.63) is 48.4 Å². The number of hydrogen-bond donors (Lipinski definition) is 3. The largest absolute Gasteiger partial charge is 0.467 e. The zero-order valence-electron chi connectivity index (χ0n) is 11.4. The molecule has 0 radical (unpaired) electrons. The summed E-state index contributed by atoms with van der Waals surface area (Å²) in [5.74, 6) is 1.56. The summed E-state index contributed by atoms with van der Waals surface area (Å²) in [7, 11) is 0. The fourth-order valence-electron chi connectivity index (χ4n) is 2.23. The Bertz CT molecular complexity index is 728. The van der Waals surface area contributed by atoms with E-state index in [9.17, 15) is 5.11 Å². The molecule has 0 saturated carbocycles. The minimum atomic E-state index is -0.203. The molecule has 21 heavy (non-hydrogen) atoms. The predicted molar refractivity (Wildman–Crippen MR) is 80.7 cm³/mol. The average molecular weight is 284 g/mol. The van der Waals surface area contributed by atoms with Gasteiger partial charge in [-0.3, -0.25) is 0 Å². The van der Waals surface area contributed by atoms with Gasteiger partial charge in [-0.25, -0.2) is 4.98 Å². The van der Waals surface area contributed by atoms with E-state index in [1.165, 1.54) is 0 Å². The van der Waals surface area contributed by atoms with Gasteiger partial charge in [0.15, 0.2) is 0 Å². The monoisotopic (exact) mass is 284 g/mol. The number of rotatable bonds is 5. The van der Waals surface area contributed by atoms with Crippen LogP contribution in [0, 0.1) is 0 Å². The molecule has 4 N–H and O–H groups in total. The number of hydrogen-bond acceptors (Lipinski definition) is 6. The molecule has 1 atom stereocenters. The van der Waals surface area contributed by atoms with Gasteiger partial charge in [0.25, 0.3) is 0 Å². The lowest BCUT2D eigenvalue weighted by molar-refractivity contribution is 0.273. The van der Waals surface area contributed by atoms with E-state index in [2.05, 4.69) is 15.3 Å². The van der Waals surface area contributed by atoms with Crippen LogP contribution in [0.4, 0.5) is 11.8 Å². The molecule has 0 amide bonds. The molecular weight excluding hydrogens is 268 g/mol. The van der Waals surface area contributed by atoms with Gasteiger partial charge in [-0.2, -0.15) is 4.98 Å². The highest BCUT2D eigenvalue weighted by molar-refractivity contribution is 5.88. The van der Waals surface area contributed by atoms with Crippen LogP contribution in [0.3, 0.4) is 0 Å². The molecular formula is C15H16N4O2. The predicted octanol–water partition coefficient (Wildman–Crippen LogP) is 2.34. The number of para-hydroxylation sites is 1. The molecule has 3 aromatic rings. The molecule has 1 aromatic carbocycles. The van der Waals surface area contributed by atoms with E-state index in [0.717, 1.165) is 16.7 Å². The van der Waals surface area contributed by atoms with Crippen molar-refractivity contribution < 1.29 is 9.52 Å². The van der Waals surface area contributed by atoms with E-state index in [1.807, 2.05) is 30.3 Å². The van der Waals surface area contributed by atoms with Crippen LogP contribution in [0.2, 0.25) is 0 Å². The zero-order valence-corrected chi connectivity index (χ0v) is 11.4. The molecule has 0 aliphatic carbocycles. The normalized spacial score (nSPS) is 12.4. The van der Waals surface area contributed by atoms with Crippen LogP contribution < -0.4 is 11.1 Å². The van der Waals surface area contributed by atoms with Crippen molar-refractivity contribution in [2.24, 2.45) is 0 Å². The summed E-state index contributed by atoms with van der Waals surface area (Å²) in [6, 6.07) is 11.0. The molecule has 1 unspecified atom stereocenters. The molecule has 0 bridgehead atoms. The van der Waals surface area contributed by atoms with Gasteiger partial charge in [-0.1, -0.05) is 12.1 Å². The van der Waals surface area contributed by atoms with Crippen molar-refractivity contribution in [3.8, 4) is 0 Å². The Hall–Kier alpha value is -2.60. The number of nitrogens with one attached hydrogen (secondary N) is 1. The molecule has 6 heteroatoms. The summed E-state index contributed by atoms with van der Waals surface area (Å²) in [5, 5.41) is 13.2. The number of fused-ring (bicyclic) bond motifs is 1. The smallest absolute Gasteiger partial charge is 0.225 e. The molecule has 3 rings (SSSR count). The molecule has 0 aliphatic rings. The topological polar surface area (TPSA) is 97.2 Å². The Labute approximate surface area is 121 Å². The number of nitrogens with zero attached hydrogens (tertiary/aromatic N) is 2. The zero-order chi connectivity index (χ0) is 14.7. The van der Waals surface area contributed by atoms with Crippen molar-refractivity contribution in [2.45, 2.75) is 12.5 Å². The van der Waals surface area contributed by atoms with Crippen LogP contribution in [0.1, 0.15) is 18.2 Å². The number of aromatic nitrogens is 2. The van der Waals surface area contributed by atoms with Gasteiger partial charge < -0.3 is 20.6 Å². The summed E-state index contributed by atoms with van der Waals surface area (Å²) in [6.45, 7) is 0.0292. The molecule has 0 aliphatic heterocycles. The number of nitrogen functional groups attached to an aromatic ring is 1.